The quantitative estimate of drug-likeness (QED) is 0.592. The van der Waals surface area contributed by atoms with E-state index in [0.29, 0.717) is 12.2 Å². The number of thioether (sulfide) groups is 1. The second-order valence-corrected chi connectivity index (χ2v) is 7.81. The molecular weight excluding hydrogens is 370 g/mol. The monoisotopic (exact) mass is 395 g/mol. The number of hydrogen-bond acceptors (Lipinski definition) is 4. The average Bonchev–Trinajstić information content (AvgIpc) is 3.07. The Morgan fingerprint density at radius 1 is 1.14 bits per heavy atom. The van der Waals surface area contributed by atoms with Crippen LogP contribution >= 0.6 is 11.8 Å². The molecule has 0 aliphatic carbocycles. The molecule has 1 amide bonds. The van der Waals surface area contributed by atoms with E-state index in [1.165, 1.54) is 17.3 Å². The van der Waals surface area contributed by atoms with Gasteiger partial charge in [0.05, 0.1) is 18.1 Å². The standard InChI is InChI=1S/C22H25N3O2S/c1-15-7-9-18(10-8-15)11-25-12-19(13-26)23-22(25)28-14-21(27)24-20-6-4-5-16(2)17(20)3/h4-10,12,26H,11,13-14H2,1-3H3,(H,24,27). The molecule has 0 saturated carbocycles. The van der Waals surface area contributed by atoms with Gasteiger partial charge in [0.1, 0.15) is 0 Å². The normalized spacial score (nSPS) is 10.9. The minimum absolute atomic E-state index is 0.0749. The van der Waals surface area contributed by atoms with Crippen LogP contribution in [-0.2, 0) is 17.9 Å². The van der Waals surface area contributed by atoms with Crippen LogP contribution in [0.25, 0.3) is 0 Å². The van der Waals surface area contributed by atoms with Crippen molar-refractivity contribution in [1.82, 2.24) is 9.55 Å². The Hall–Kier alpha value is -2.57. The lowest BCUT2D eigenvalue weighted by atomic mass is 10.1. The van der Waals surface area contributed by atoms with E-state index in [4.69, 9.17) is 0 Å². The average molecular weight is 396 g/mol. The summed E-state index contributed by atoms with van der Waals surface area (Å²) in [6.07, 6.45) is 1.84. The van der Waals surface area contributed by atoms with Crippen LogP contribution in [0.15, 0.2) is 53.8 Å². The van der Waals surface area contributed by atoms with Gasteiger partial charge in [0, 0.05) is 18.4 Å². The van der Waals surface area contributed by atoms with Gasteiger partial charge in [0.15, 0.2) is 5.16 Å². The second-order valence-electron chi connectivity index (χ2n) is 6.87. The van der Waals surface area contributed by atoms with E-state index in [1.54, 1.807) is 0 Å². The SMILES string of the molecule is Cc1ccc(Cn2cc(CO)nc2SCC(=O)Nc2cccc(C)c2C)cc1. The maximum Gasteiger partial charge on any atom is 0.234 e. The number of rotatable bonds is 7. The summed E-state index contributed by atoms with van der Waals surface area (Å²) in [7, 11) is 0. The number of aliphatic hydroxyl groups is 1. The summed E-state index contributed by atoms with van der Waals surface area (Å²) in [5, 5.41) is 13.1. The molecule has 6 heteroatoms. The summed E-state index contributed by atoms with van der Waals surface area (Å²) in [6, 6.07) is 14.2. The van der Waals surface area contributed by atoms with Gasteiger partial charge in [-0.2, -0.15) is 0 Å². The number of benzene rings is 2. The van der Waals surface area contributed by atoms with Crippen LogP contribution in [-0.4, -0.2) is 26.3 Å². The Balaban J connectivity index is 1.67. The fraction of sp³-hybridized carbons (Fsp3) is 0.273. The van der Waals surface area contributed by atoms with Gasteiger partial charge in [-0.05, 0) is 43.5 Å². The number of hydrogen-bond donors (Lipinski definition) is 2. The zero-order chi connectivity index (χ0) is 20.1. The van der Waals surface area contributed by atoms with Gasteiger partial charge in [0.2, 0.25) is 5.91 Å². The minimum atomic E-state index is -0.122. The summed E-state index contributed by atoms with van der Waals surface area (Å²) in [5.41, 5.74) is 6.02. The second kappa shape index (κ2) is 9.08. The molecule has 0 atom stereocenters. The molecule has 5 nitrogen and oxygen atoms in total. The van der Waals surface area contributed by atoms with Gasteiger partial charge in [0.25, 0.3) is 0 Å². The zero-order valence-corrected chi connectivity index (χ0v) is 17.2. The fourth-order valence-electron chi connectivity index (χ4n) is 2.85. The largest absolute Gasteiger partial charge is 0.390 e. The Morgan fingerprint density at radius 2 is 1.89 bits per heavy atom. The number of aryl methyl sites for hydroxylation is 2. The van der Waals surface area contributed by atoms with Gasteiger partial charge < -0.3 is 15.0 Å². The van der Waals surface area contributed by atoms with Crippen molar-refractivity contribution in [2.45, 2.75) is 39.1 Å². The van der Waals surface area contributed by atoms with E-state index < -0.39 is 0 Å². The molecule has 3 aromatic rings. The van der Waals surface area contributed by atoms with Crippen molar-refractivity contribution in [3.63, 3.8) is 0 Å². The van der Waals surface area contributed by atoms with E-state index in [9.17, 15) is 9.90 Å². The topological polar surface area (TPSA) is 67.1 Å². The van der Waals surface area contributed by atoms with Crippen molar-refractivity contribution in [3.05, 3.63) is 76.6 Å². The molecule has 0 fully saturated rings. The maximum atomic E-state index is 12.4. The number of nitrogens with one attached hydrogen (secondary N) is 1. The first-order valence-corrected chi connectivity index (χ1v) is 10.2. The van der Waals surface area contributed by atoms with Crippen molar-refractivity contribution in [1.29, 1.82) is 0 Å². The predicted molar refractivity (Wildman–Crippen MR) is 114 cm³/mol. The molecule has 28 heavy (non-hydrogen) atoms. The third-order valence-electron chi connectivity index (χ3n) is 4.64. The first-order chi connectivity index (χ1) is 13.5. The number of aliphatic hydroxyl groups excluding tert-OH is 1. The molecule has 0 aliphatic rings. The molecule has 0 unspecified atom stereocenters. The first-order valence-electron chi connectivity index (χ1n) is 9.17. The van der Waals surface area contributed by atoms with Gasteiger partial charge in [-0.1, -0.05) is 53.7 Å². The molecule has 0 bridgehead atoms. The Labute approximate surface area is 169 Å². The van der Waals surface area contributed by atoms with E-state index in [2.05, 4.69) is 41.5 Å². The highest BCUT2D eigenvalue weighted by Crippen LogP contribution is 2.22. The molecule has 1 aromatic heterocycles. The van der Waals surface area contributed by atoms with E-state index in [0.717, 1.165) is 27.5 Å². The van der Waals surface area contributed by atoms with Gasteiger partial charge in [-0.15, -0.1) is 0 Å². The number of nitrogens with zero attached hydrogens (tertiary/aromatic N) is 2. The van der Waals surface area contributed by atoms with Crippen LogP contribution in [0.3, 0.4) is 0 Å². The van der Waals surface area contributed by atoms with Crippen LogP contribution in [0.5, 0.6) is 0 Å². The van der Waals surface area contributed by atoms with E-state index >= 15 is 0 Å². The number of anilines is 1. The van der Waals surface area contributed by atoms with Crippen LogP contribution in [0.1, 0.15) is 27.9 Å². The summed E-state index contributed by atoms with van der Waals surface area (Å²) in [5.74, 6) is 0.178. The molecule has 2 N–H and O–H groups in total. The van der Waals surface area contributed by atoms with E-state index in [-0.39, 0.29) is 18.3 Å². The smallest absolute Gasteiger partial charge is 0.234 e. The van der Waals surface area contributed by atoms with Crippen LogP contribution in [0.4, 0.5) is 5.69 Å². The van der Waals surface area contributed by atoms with Crippen LogP contribution < -0.4 is 5.32 Å². The molecule has 0 aliphatic heterocycles. The third kappa shape index (κ3) is 5.03. The predicted octanol–water partition coefficient (Wildman–Crippen LogP) is 4.08. The van der Waals surface area contributed by atoms with Gasteiger partial charge in [-0.25, -0.2) is 4.98 Å². The summed E-state index contributed by atoms with van der Waals surface area (Å²) in [4.78, 5) is 16.9. The Morgan fingerprint density at radius 3 is 2.61 bits per heavy atom. The Bertz CT molecular complexity index is 964. The maximum absolute atomic E-state index is 12.4. The highest BCUT2D eigenvalue weighted by Gasteiger charge is 2.12. The fourth-order valence-corrected chi connectivity index (χ4v) is 3.65. The number of carbonyl (C=O) groups excluding carboxylic acids is 1. The number of imidazole rings is 1. The lowest BCUT2D eigenvalue weighted by molar-refractivity contribution is -0.113. The molecule has 2 aromatic carbocycles. The molecule has 0 radical (unpaired) electrons. The minimum Gasteiger partial charge on any atom is -0.390 e. The lowest BCUT2D eigenvalue weighted by Crippen LogP contribution is -2.15. The van der Waals surface area contributed by atoms with Crippen LogP contribution in [0, 0.1) is 20.8 Å². The lowest BCUT2D eigenvalue weighted by Gasteiger charge is -2.11. The molecular formula is C22H25N3O2S. The highest BCUT2D eigenvalue weighted by atomic mass is 32.2. The van der Waals surface area contributed by atoms with Gasteiger partial charge >= 0.3 is 0 Å². The number of aromatic nitrogens is 2. The Kier molecular flexibility index (Phi) is 6.54. The zero-order valence-electron chi connectivity index (χ0n) is 16.4. The highest BCUT2D eigenvalue weighted by molar-refractivity contribution is 7.99. The van der Waals surface area contributed by atoms with Gasteiger partial charge in [-0.3, -0.25) is 4.79 Å². The van der Waals surface area contributed by atoms with Crippen LogP contribution in [0.2, 0.25) is 0 Å². The summed E-state index contributed by atoms with van der Waals surface area (Å²) < 4.78 is 1.98. The van der Waals surface area contributed by atoms with Crippen molar-refractivity contribution in [2.75, 3.05) is 11.1 Å². The molecule has 0 spiro atoms. The number of amides is 1. The van der Waals surface area contributed by atoms with Crippen molar-refractivity contribution >= 4 is 23.4 Å². The molecule has 3 rings (SSSR count). The molecule has 1 heterocycles. The van der Waals surface area contributed by atoms with Crippen molar-refractivity contribution < 1.29 is 9.90 Å². The third-order valence-corrected chi connectivity index (χ3v) is 5.63. The molecule has 0 saturated heterocycles. The van der Waals surface area contributed by atoms with E-state index in [1.807, 2.05) is 42.8 Å². The summed E-state index contributed by atoms with van der Waals surface area (Å²) >= 11 is 1.37. The van der Waals surface area contributed by atoms with Crippen molar-refractivity contribution in [3.8, 4) is 0 Å². The first kappa shape index (κ1) is 20.2. The van der Waals surface area contributed by atoms with Crippen molar-refractivity contribution in [2.24, 2.45) is 0 Å². The number of carbonyl (C=O) groups is 1. The molecule has 146 valence electrons. The summed E-state index contributed by atoms with van der Waals surface area (Å²) in [6.45, 7) is 6.61.